The Hall–Kier alpha value is -1.57. The molecule has 2 heteroatoms. The topological polar surface area (TPSA) is 28.7 Å². The Balaban J connectivity index is 2.46. The molecule has 0 aliphatic carbocycles. The van der Waals surface area contributed by atoms with E-state index >= 15 is 0 Å². The highest BCUT2D eigenvalue weighted by Crippen LogP contribution is 2.11. The number of hydrogen-bond donors (Lipinski definition) is 1. The molecular formula is C9H7N2. The van der Waals surface area contributed by atoms with Crippen molar-refractivity contribution < 1.29 is 0 Å². The molecule has 0 amide bonds. The monoisotopic (exact) mass is 143 g/mol. The first-order valence-corrected chi connectivity index (χ1v) is 3.43. The minimum atomic E-state index is 0.866. The molecule has 2 aromatic rings. The maximum absolute atomic E-state index is 4.10. The van der Waals surface area contributed by atoms with E-state index in [2.05, 4.69) is 16.0 Å². The van der Waals surface area contributed by atoms with Gasteiger partial charge in [0.2, 0.25) is 0 Å². The van der Waals surface area contributed by atoms with E-state index in [0.717, 1.165) is 11.4 Å². The van der Waals surface area contributed by atoms with E-state index in [1.807, 2.05) is 24.3 Å². The van der Waals surface area contributed by atoms with Gasteiger partial charge in [-0.2, -0.15) is 0 Å². The first-order valence-electron chi connectivity index (χ1n) is 3.43. The van der Waals surface area contributed by atoms with Crippen LogP contribution in [0.2, 0.25) is 0 Å². The molecular weight excluding hydrogens is 136 g/mol. The molecule has 1 N–H and O–H groups in total. The van der Waals surface area contributed by atoms with Crippen LogP contribution in [0, 0.1) is 6.07 Å². The molecule has 2 nitrogen and oxygen atoms in total. The van der Waals surface area contributed by atoms with Crippen molar-refractivity contribution >= 4 is 0 Å². The quantitative estimate of drug-likeness (QED) is 0.648. The second-order valence-electron chi connectivity index (χ2n) is 2.21. The van der Waals surface area contributed by atoms with Gasteiger partial charge in [-0.3, -0.25) is 0 Å². The van der Waals surface area contributed by atoms with E-state index in [1.54, 1.807) is 12.4 Å². The summed E-state index contributed by atoms with van der Waals surface area (Å²) in [7, 11) is 0. The van der Waals surface area contributed by atoms with Crippen LogP contribution in [0.3, 0.4) is 0 Å². The molecule has 1 heterocycles. The molecule has 0 unspecified atom stereocenters. The third-order valence-corrected chi connectivity index (χ3v) is 1.46. The molecule has 1 radical (unpaired) electrons. The van der Waals surface area contributed by atoms with E-state index in [-0.39, 0.29) is 0 Å². The highest BCUT2D eigenvalue weighted by Gasteiger charge is 1.95. The maximum atomic E-state index is 4.10. The Morgan fingerprint density at radius 3 is 3.00 bits per heavy atom. The number of aromatic amines is 1. The third-order valence-electron chi connectivity index (χ3n) is 1.46. The summed E-state index contributed by atoms with van der Waals surface area (Å²) in [6, 6.07) is 10.8. The predicted octanol–water partition coefficient (Wildman–Crippen LogP) is 1.88. The zero-order valence-electron chi connectivity index (χ0n) is 5.91. The smallest absolute Gasteiger partial charge is 0.137 e. The number of nitrogens with zero attached hydrogens (tertiary/aromatic N) is 1. The summed E-state index contributed by atoms with van der Waals surface area (Å²) in [6.07, 6.45) is 3.53. The Labute approximate surface area is 64.9 Å². The summed E-state index contributed by atoms with van der Waals surface area (Å²) in [5, 5.41) is 0. The van der Waals surface area contributed by atoms with Gasteiger partial charge in [0, 0.05) is 18.0 Å². The standard InChI is InChI=1S/C9H7N2/c1-2-4-8(5-3-1)9-10-6-7-11-9/h1-4,6-7H,(H,10,11). The van der Waals surface area contributed by atoms with Crippen molar-refractivity contribution in [3.05, 3.63) is 42.7 Å². The highest BCUT2D eigenvalue weighted by atomic mass is 14.9. The summed E-state index contributed by atoms with van der Waals surface area (Å²) in [5.74, 6) is 0.866. The molecule has 0 spiro atoms. The fraction of sp³-hybridized carbons (Fsp3) is 0. The van der Waals surface area contributed by atoms with Crippen molar-refractivity contribution in [3.8, 4) is 11.4 Å². The molecule has 0 bridgehead atoms. The summed E-state index contributed by atoms with van der Waals surface area (Å²) in [4.78, 5) is 7.11. The molecule has 0 aliphatic heterocycles. The number of rotatable bonds is 1. The van der Waals surface area contributed by atoms with Gasteiger partial charge in [-0.25, -0.2) is 4.98 Å². The molecule has 1 aromatic heterocycles. The lowest BCUT2D eigenvalue weighted by atomic mass is 10.2. The van der Waals surface area contributed by atoms with Gasteiger partial charge in [-0.05, 0) is 6.07 Å². The van der Waals surface area contributed by atoms with Crippen LogP contribution in [0.5, 0.6) is 0 Å². The molecule has 1 aromatic carbocycles. The molecule has 0 aliphatic rings. The zero-order chi connectivity index (χ0) is 7.52. The normalized spacial score (nSPS) is 9.82. The van der Waals surface area contributed by atoms with Crippen LogP contribution in [0.15, 0.2) is 36.7 Å². The first kappa shape index (κ1) is 6.16. The summed E-state index contributed by atoms with van der Waals surface area (Å²) >= 11 is 0. The van der Waals surface area contributed by atoms with E-state index in [9.17, 15) is 0 Å². The Morgan fingerprint density at radius 2 is 2.36 bits per heavy atom. The van der Waals surface area contributed by atoms with Crippen molar-refractivity contribution in [2.75, 3.05) is 0 Å². The van der Waals surface area contributed by atoms with E-state index < -0.39 is 0 Å². The lowest BCUT2D eigenvalue weighted by Gasteiger charge is -1.92. The lowest BCUT2D eigenvalue weighted by molar-refractivity contribution is 1.31. The van der Waals surface area contributed by atoms with Gasteiger partial charge in [0.15, 0.2) is 0 Å². The molecule has 11 heavy (non-hydrogen) atoms. The fourth-order valence-electron chi connectivity index (χ4n) is 0.953. The second-order valence-corrected chi connectivity index (χ2v) is 2.21. The number of H-pyrrole nitrogens is 1. The van der Waals surface area contributed by atoms with E-state index in [0.29, 0.717) is 0 Å². The van der Waals surface area contributed by atoms with Gasteiger partial charge in [-0.1, -0.05) is 24.3 Å². The largest absolute Gasteiger partial charge is 0.345 e. The maximum Gasteiger partial charge on any atom is 0.137 e. The Kier molecular flexibility index (Phi) is 1.44. The number of aromatic nitrogens is 2. The highest BCUT2D eigenvalue weighted by molar-refractivity contribution is 5.52. The minimum Gasteiger partial charge on any atom is -0.345 e. The van der Waals surface area contributed by atoms with E-state index in [1.165, 1.54) is 0 Å². The molecule has 2 rings (SSSR count). The minimum absolute atomic E-state index is 0.866. The number of imidazole rings is 1. The second kappa shape index (κ2) is 2.58. The summed E-state index contributed by atoms with van der Waals surface area (Å²) in [6.45, 7) is 0. The van der Waals surface area contributed by atoms with Crippen molar-refractivity contribution in [1.29, 1.82) is 0 Å². The van der Waals surface area contributed by atoms with Crippen LogP contribution in [0.4, 0.5) is 0 Å². The van der Waals surface area contributed by atoms with Gasteiger partial charge in [-0.15, -0.1) is 0 Å². The Bertz CT molecular complexity index is 311. The lowest BCUT2D eigenvalue weighted by Crippen LogP contribution is -1.77. The Morgan fingerprint density at radius 1 is 1.36 bits per heavy atom. The SMILES string of the molecule is [c]1ccccc1-c1ncc[nH]1. The number of benzene rings is 1. The van der Waals surface area contributed by atoms with Crippen LogP contribution < -0.4 is 0 Å². The number of hydrogen-bond acceptors (Lipinski definition) is 1. The molecule has 53 valence electrons. The van der Waals surface area contributed by atoms with Gasteiger partial charge in [0.05, 0.1) is 0 Å². The van der Waals surface area contributed by atoms with Crippen LogP contribution >= 0.6 is 0 Å². The van der Waals surface area contributed by atoms with Gasteiger partial charge in [0.25, 0.3) is 0 Å². The van der Waals surface area contributed by atoms with Crippen LogP contribution in [0.25, 0.3) is 11.4 Å². The van der Waals surface area contributed by atoms with Crippen LogP contribution in [0.1, 0.15) is 0 Å². The van der Waals surface area contributed by atoms with Crippen molar-refractivity contribution in [1.82, 2.24) is 9.97 Å². The van der Waals surface area contributed by atoms with Crippen LogP contribution in [-0.2, 0) is 0 Å². The molecule has 0 fully saturated rings. The van der Waals surface area contributed by atoms with Crippen molar-refractivity contribution in [2.45, 2.75) is 0 Å². The van der Waals surface area contributed by atoms with E-state index in [4.69, 9.17) is 0 Å². The zero-order valence-corrected chi connectivity index (χ0v) is 5.91. The molecule has 0 atom stereocenters. The summed E-state index contributed by atoms with van der Waals surface area (Å²) < 4.78 is 0. The van der Waals surface area contributed by atoms with Crippen molar-refractivity contribution in [3.63, 3.8) is 0 Å². The fourth-order valence-corrected chi connectivity index (χ4v) is 0.953. The van der Waals surface area contributed by atoms with Gasteiger partial charge < -0.3 is 4.98 Å². The van der Waals surface area contributed by atoms with Gasteiger partial charge in [0.1, 0.15) is 5.82 Å². The first-order chi connectivity index (χ1) is 5.47. The predicted molar refractivity (Wildman–Crippen MR) is 42.9 cm³/mol. The van der Waals surface area contributed by atoms with Gasteiger partial charge >= 0.3 is 0 Å². The average Bonchev–Trinajstić information content (AvgIpc) is 2.58. The molecule has 0 saturated carbocycles. The summed E-state index contributed by atoms with van der Waals surface area (Å²) in [5.41, 5.74) is 0.998. The third kappa shape index (κ3) is 1.15. The number of nitrogens with one attached hydrogen (secondary N) is 1. The molecule has 0 saturated heterocycles. The van der Waals surface area contributed by atoms with Crippen molar-refractivity contribution in [2.24, 2.45) is 0 Å². The van der Waals surface area contributed by atoms with Crippen LogP contribution in [-0.4, -0.2) is 9.97 Å². The average molecular weight is 143 g/mol.